The van der Waals surface area contributed by atoms with Crippen molar-refractivity contribution < 1.29 is 27.9 Å². The molecule has 0 saturated heterocycles. The van der Waals surface area contributed by atoms with Crippen LogP contribution in [-0.4, -0.2) is 36.2 Å². The van der Waals surface area contributed by atoms with E-state index < -0.39 is 22.6 Å². The first-order chi connectivity index (χ1) is 9.88. The van der Waals surface area contributed by atoms with Gasteiger partial charge >= 0.3 is 6.18 Å². The molecular weight excluding hydrogens is 307 g/mol. The van der Waals surface area contributed by atoms with E-state index in [1.165, 1.54) is 0 Å². The molecule has 0 bridgehead atoms. The van der Waals surface area contributed by atoms with Crippen molar-refractivity contribution in [3.8, 4) is 0 Å². The number of halogens is 3. The molecule has 0 atom stereocenters. The molecule has 4 nitrogen and oxygen atoms in total. The Morgan fingerprint density at radius 1 is 1.43 bits per heavy atom. The van der Waals surface area contributed by atoms with Gasteiger partial charge in [-0.1, -0.05) is 33.4 Å². The Kier molecular flexibility index (Phi) is 13.5. The molecule has 1 amide bonds. The van der Waals surface area contributed by atoms with Crippen LogP contribution >= 0.6 is 11.8 Å². The molecule has 0 rings (SSSR count). The maximum atomic E-state index is 12.8. The highest BCUT2D eigenvalue weighted by Gasteiger charge is 2.37. The van der Waals surface area contributed by atoms with Gasteiger partial charge in [0.1, 0.15) is 4.91 Å². The van der Waals surface area contributed by atoms with Crippen LogP contribution in [0.25, 0.3) is 0 Å². The number of hydroxylamine groups is 1. The first kappa shape index (κ1) is 22.3. The summed E-state index contributed by atoms with van der Waals surface area (Å²) in [5.74, 6) is -0.809. The quantitative estimate of drug-likeness (QED) is 0.311. The van der Waals surface area contributed by atoms with Crippen molar-refractivity contribution in [3.63, 3.8) is 0 Å². The average Bonchev–Trinajstić information content (AvgIpc) is 2.44. The molecule has 21 heavy (non-hydrogen) atoms. The first-order valence-corrected chi connectivity index (χ1v) is 7.46. The first-order valence-electron chi connectivity index (χ1n) is 6.48. The summed E-state index contributed by atoms with van der Waals surface area (Å²) in [6, 6.07) is 0. The van der Waals surface area contributed by atoms with Gasteiger partial charge in [0.25, 0.3) is 5.91 Å². The van der Waals surface area contributed by atoms with Crippen LogP contribution < -0.4 is 5.48 Å². The van der Waals surface area contributed by atoms with Crippen LogP contribution in [0.2, 0.25) is 0 Å². The summed E-state index contributed by atoms with van der Waals surface area (Å²) in [5, 5.41) is 8.44. The number of allylic oxidation sites excluding steroid dienone is 1. The minimum atomic E-state index is -4.63. The molecule has 124 valence electrons. The molecule has 0 aromatic heterocycles. The minimum Gasteiger partial charge on any atom is -0.394 e. The normalized spacial score (nSPS) is 12.0. The van der Waals surface area contributed by atoms with Crippen LogP contribution in [0.4, 0.5) is 13.2 Å². The monoisotopic (exact) mass is 329 g/mol. The highest BCUT2D eigenvalue weighted by molar-refractivity contribution is 8.03. The second-order valence-corrected chi connectivity index (χ2v) is 4.40. The molecule has 0 unspecified atom stereocenters. The van der Waals surface area contributed by atoms with Crippen LogP contribution in [0.1, 0.15) is 27.2 Å². The Balaban J connectivity index is 0. The fraction of sp³-hybridized carbons (Fsp3) is 0.615. The molecule has 0 aliphatic rings. The number of carbonyl (C=O) groups excluding carboxylic acids is 1. The predicted molar refractivity (Wildman–Crippen MR) is 78.6 cm³/mol. The van der Waals surface area contributed by atoms with Crippen molar-refractivity contribution in [1.82, 2.24) is 5.48 Å². The van der Waals surface area contributed by atoms with E-state index in [0.717, 1.165) is 6.08 Å². The largest absolute Gasteiger partial charge is 0.423 e. The van der Waals surface area contributed by atoms with Crippen molar-refractivity contribution in [1.29, 1.82) is 0 Å². The fourth-order valence-electron chi connectivity index (χ4n) is 1.02. The Bertz CT molecular complexity index is 344. The van der Waals surface area contributed by atoms with Crippen molar-refractivity contribution in [2.45, 2.75) is 33.4 Å². The lowest BCUT2D eigenvalue weighted by Gasteiger charge is -2.15. The number of carbonyl (C=O) groups is 1. The van der Waals surface area contributed by atoms with Gasteiger partial charge in [0.15, 0.2) is 0 Å². The molecule has 0 spiro atoms. The molecule has 0 heterocycles. The molecule has 0 aliphatic heterocycles. The van der Waals surface area contributed by atoms with Crippen molar-refractivity contribution in [3.05, 3.63) is 23.1 Å². The summed E-state index contributed by atoms with van der Waals surface area (Å²) >= 11 is 0.546. The fourth-order valence-corrected chi connectivity index (χ4v) is 1.93. The van der Waals surface area contributed by atoms with Crippen LogP contribution in [0.3, 0.4) is 0 Å². The van der Waals surface area contributed by atoms with Crippen LogP contribution in [-0.2, 0) is 9.63 Å². The van der Waals surface area contributed by atoms with Gasteiger partial charge in [-0.25, -0.2) is 5.48 Å². The molecule has 0 aliphatic carbocycles. The lowest BCUT2D eigenvalue weighted by molar-refractivity contribution is -0.130. The number of hydrogen-bond acceptors (Lipinski definition) is 4. The Labute approximate surface area is 127 Å². The molecule has 0 radical (unpaired) electrons. The molecule has 0 fully saturated rings. The topological polar surface area (TPSA) is 58.6 Å². The van der Waals surface area contributed by atoms with E-state index in [-0.39, 0.29) is 19.0 Å². The maximum absolute atomic E-state index is 12.8. The summed E-state index contributed by atoms with van der Waals surface area (Å²) < 4.78 is 38.5. The number of alkyl halides is 3. The third-order valence-corrected chi connectivity index (χ3v) is 3.11. The van der Waals surface area contributed by atoms with Gasteiger partial charge < -0.3 is 5.11 Å². The van der Waals surface area contributed by atoms with Gasteiger partial charge in [-0.05, 0) is 12.2 Å². The third-order valence-electron chi connectivity index (χ3n) is 1.76. The smallest absolute Gasteiger partial charge is 0.394 e. The number of thioether (sulfide) groups is 1. The average molecular weight is 329 g/mol. The molecule has 0 aromatic carbocycles. The highest BCUT2D eigenvalue weighted by Crippen LogP contribution is 2.37. The standard InChI is InChI=1S/C11H16F3NO3S.C2H6/c1-3-7-19-9(11(12,13)14)8(4-2)10(17)15-18-6-5-16;1-2/h4,16H,2-3,5-7H2,1H3,(H,15,17);1-2H3/b9-8+;. The Hall–Kier alpha value is -0.990. The SMILES string of the molecule is C=C/C(C(=O)NOCCO)=C(\SCCC)C(F)(F)F.CC. The summed E-state index contributed by atoms with van der Waals surface area (Å²) in [4.78, 5) is 15.0. The van der Waals surface area contributed by atoms with E-state index in [1.54, 1.807) is 6.92 Å². The van der Waals surface area contributed by atoms with Crippen molar-refractivity contribution in [2.75, 3.05) is 19.0 Å². The summed E-state index contributed by atoms with van der Waals surface area (Å²) in [6.45, 7) is 8.39. The van der Waals surface area contributed by atoms with E-state index in [1.807, 2.05) is 19.3 Å². The van der Waals surface area contributed by atoms with E-state index in [9.17, 15) is 18.0 Å². The number of aliphatic hydroxyl groups is 1. The van der Waals surface area contributed by atoms with Crippen molar-refractivity contribution in [2.24, 2.45) is 0 Å². The van der Waals surface area contributed by atoms with Gasteiger partial charge in [-0.15, -0.1) is 11.8 Å². The van der Waals surface area contributed by atoms with Gasteiger partial charge in [0.2, 0.25) is 0 Å². The second-order valence-electron chi connectivity index (χ2n) is 3.30. The summed E-state index contributed by atoms with van der Waals surface area (Å²) in [6.07, 6.45) is -3.25. The van der Waals surface area contributed by atoms with E-state index in [0.29, 0.717) is 18.2 Å². The van der Waals surface area contributed by atoms with Gasteiger partial charge in [-0.2, -0.15) is 13.2 Å². The van der Waals surface area contributed by atoms with Crippen molar-refractivity contribution >= 4 is 17.7 Å². The zero-order valence-electron chi connectivity index (χ0n) is 12.4. The van der Waals surface area contributed by atoms with Gasteiger partial charge in [-0.3, -0.25) is 9.63 Å². The second kappa shape index (κ2) is 12.7. The van der Waals surface area contributed by atoms with E-state index >= 15 is 0 Å². The zero-order chi connectivity index (χ0) is 16.9. The highest BCUT2D eigenvalue weighted by atomic mass is 32.2. The summed E-state index contributed by atoms with van der Waals surface area (Å²) in [5.41, 5.74) is 1.23. The molecular formula is C13H22F3NO3S. The molecule has 8 heteroatoms. The van der Waals surface area contributed by atoms with E-state index in [2.05, 4.69) is 11.4 Å². The van der Waals surface area contributed by atoms with Gasteiger partial charge in [0.05, 0.1) is 18.8 Å². The molecule has 0 saturated carbocycles. The van der Waals surface area contributed by atoms with E-state index in [4.69, 9.17) is 5.11 Å². The number of nitrogens with one attached hydrogen (secondary N) is 1. The predicted octanol–water partition coefficient (Wildman–Crippen LogP) is 3.20. The lowest BCUT2D eigenvalue weighted by atomic mass is 10.2. The number of aliphatic hydroxyl groups excluding tert-OH is 1. The van der Waals surface area contributed by atoms with Crippen LogP contribution in [0, 0.1) is 0 Å². The summed E-state index contributed by atoms with van der Waals surface area (Å²) in [7, 11) is 0. The third kappa shape index (κ3) is 9.54. The maximum Gasteiger partial charge on any atom is 0.423 e. The van der Waals surface area contributed by atoms with Crippen LogP contribution in [0.5, 0.6) is 0 Å². The number of amides is 1. The van der Waals surface area contributed by atoms with Crippen LogP contribution in [0.15, 0.2) is 23.1 Å². The minimum absolute atomic E-state index is 0.209. The molecule has 2 N–H and O–H groups in total. The number of hydrogen-bond donors (Lipinski definition) is 2. The molecule has 0 aromatic rings. The number of rotatable bonds is 8. The van der Waals surface area contributed by atoms with Gasteiger partial charge in [0, 0.05) is 0 Å². The zero-order valence-corrected chi connectivity index (χ0v) is 13.2. The lowest BCUT2D eigenvalue weighted by Crippen LogP contribution is -2.28. The Morgan fingerprint density at radius 3 is 2.38 bits per heavy atom. The Morgan fingerprint density at radius 2 is 2.00 bits per heavy atom.